The van der Waals surface area contributed by atoms with Gasteiger partial charge in [-0.25, -0.2) is 0 Å². The molecule has 0 amide bonds. The van der Waals surface area contributed by atoms with E-state index in [1.165, 1.54) is 18.2 Å². The Morgan fingerprint density at radius 2 is 1.58 bits per heavy atom. The second-order valence-electron chi connectivity index (χ2n) is 3.82. The smallest absolute Gasteiger partial charge is 0.406 e. The summed E-state index contributed by atoms with van der Waals surface area (Å²) in [5, 5.41) is 0. The SMILES string of the molecule is O=Cc1cccc(-c2cccc(OC(F)(F)F)c2)c1. The predicted molar refractivity (Wildman–Crippen MR) is 63.9 cm³/mol. The van der Waals surface area contributed by atoms with E-state index in [1.54, 1.807) is 30.3 Å². The van der Waals surface area contributed by atoms with E-state index in [9.17, 15) is 18.0 Å². The molecular weight excluding hydrogens is 257 g/mol. The summed E-state index contributed by atoms with van der Waals surface area (Å²) in [4.78, 5) is 10.7. The zero-order valence-electron chi connectivity index (χ0n) is 9.65. The fourth-order valence-electron chi connectivity index (χ4n) is 1.66. The number of carbonyl (C=O) groups is 1. The highest BCUT2D eigenvalue weighted by Crippen LogP contribution is 2.28. The summed E-state index contributed by atoms with van der Waals surface area (Å²) in [5.41, 5.74) is 1.65. The molecule has 0 aliphatic heterocycles. The number of ether oxygens (including phenoxy) is 1. The average molecular weight is 266 g/mol. The molecule has 2 aromatic carbocycles. The summed E-state index contributed by atoms with van der Waals surface area (Å²) < 4.78 is 40.2. The van der Waals surface area contributed by atoms with Crippen LogP contribution in [0, 0.1) is 0 Å². The minimum atomic E-state index is -4.72. The van der Waals surface area contributed by atoms with Gasteiger partial charge in [-0.1, -0.05) is 30.3 Å². The lowest BCUT2D eigenvalue weighted by molar-refractivity contribution is -0.274. The largest absolute Gasteiger partial charge is 0.573 e. The molecule has 0 bridgehead atoms. The Morgan fingerprint density at radius 1 is 0.947 bits per heavy atom. The van der Waals surface area contributed by atoms with Crippen molar-refractivity contribution in [3.8, 4) is 16.9 Å². The Balaban J connectivity index is 2.34. The summed E-state index contributed by atoms with van der Waals surface area (Å²) in [7, 11) is 0. The summed E-state index contributed by atoms with van der Waals surface area (Å²) in [6.07, 6.45) is -4.04. The van der Waals surface area contributed by atoms with E-state index < -0.39 is 6.36 Å². The number of hydrogen-bond acceptors (Lipinski definition) is 2. The molecule has 0 aliphatic carbocycles. The molecule has 0 fully saturated rings. The van der Waals surface area contributed by atoms with Gasteiger partial charge in [-0.2, -0.15) is 0 Å². The Labute approximate surface area is 107 Å². The molecule has 2 aromatic rings. The first-order chi connectivity index (χ1) is 8.98. The highest BCUT2D eigenvalue weighted by atomic mass is 19.4. The van der Waals surface area contributed by atoms with E-state index in [1.807, 2.05) is 0 Å². The normalized spacial score (nSPS) is 11.1. The van der Waals surface area contributed by atoms with Gasteiger partial charge in [0.05, 0.1) is 0 Å². The first kappa shape index (κ1) is 13.1. The Hall–Kier alpha value is -2.30. The molecule has 2 nitrogen and oxygen atoms in total. The fourth-order valence-corrected chi connectivity index (χ4v) is 1.66. The number of halogens is 3. The van der Waals surface area contributed by atoms with Crippen LogP contribution in [0.25, 0.3) is 11.1 Å². The summed E-state index contributed by atoms with van der Waals surface area (Å²) >= 11 is 0. The average Bonchev–Trinajstić information content (AvgIpc) is 2.37. The molecule has 19 heavy (non-hydrogen) atoms. The standard InChI is InChI=1S/C14H9F3O2/c15-14(16,17)19-13-6-2-5-12(8-13)11-4-1-3-10(7-11)9-18/h1-9H. The van der Waals surface area contributed by atoms with Gasteiger partial charge in [-0.3, -0.25) is 4.79 Å². The van der Waals surface area contributed by atoms with Crippen molar-refractivity contribution >= 4 is 6.29 Å². The highest BCUT2D eigenvalue weighted by Gasteiger charge is 2.31. The molecule has 0 N–H and O–H groups in total. The van der Waals surface area contributed by atoms with Crippen LogP contribution in [0.4, 0.5) is 13.2 Å². The lowest BCUT2D eigenvalue weighted by Gasteiger charge is -2.10. The summed E-state index contributed by atoms with van der Waals surface area (Å²) in [6.45, 7) is 0. The van der Waals surface area contributed by atoms with Crippen LogP contribution in [0.1, 0.15) is 10.4 Å². The van der Waals surface area contributed by atoms with Crippen LogP contribution in [0.3, 0.4) is 0 Å². The van der Waals surface area contributed by atoms with Crippen LogP contribution in [0.2, 0.25) is 0 Å². The van der Waals surface area contributed by atoms with Gasteiger partial charge in [-0.15, -0.1) is 13.2 Å². The molecule has 0 atom stereocenters. The van der Waals surface area contributed by atoms with Crippen molar-refractivity contribution in [3.05, 3.63) is 54.1 Å². The molecule has 0 heterocycles. The molecule has 0 radical (unpaired) electrons. The monoisotopic (exact) mass is 266 g/mol. The third kappa shape index (κ3) is 3.58. The minimum Gasteiger partial charge on any atom is -0.406 e. The van der Waals surface area contributed by atoms with Crippen molar-refractivity contribution in [2.24, 2.45) is 0 Å². The summed E-state index contributed by atoms with van der Waals surface area (Å²) in [5.74, 6) is -0.290. The molecule has 0 saturated heterocycles. The topological polar surface area (TPSA) is 26.3 Å². The number of aldehydes is 1. The maximum atomic E-state index is 12.1. The molecule has 98 valence electrons. The zero-order chi connectivity index (χ0) is 13.9. The van der Waals surface area contributed by atoms with E-state index in [-0.39, 0.29) is 5.75 Å². The van der Waals surface area contributed by atoms with Gasteiger partial charge in [0, 0.05) is 5.56 Å². The van der Waals surface area contributed by atoms with Crippen molar-refractivity contribution < 1.29 is 22.7 Å². The number of hydrogen-bond donors (Lipinski definition) is 0. The zero-order valence-corrected chi connectivity index (χ0v) is 9.65. The predicted octanol–water partition coefficient (Wildman–Crippen LogP) is 4.06. The minimum absolute atomic E-state index is 0.290. The van der Waals surface area contributed by atoms with E-state index in [0.29, 0.717) is 23.0 Å². The number of rotatable bonds is 3. The van der Waals surface area contributed by atoms with Gasteiger partial charge in [-0.05, 0) is 29.3 Å². The van der Waals surface area contributed by atoms with Gasteiger partial charge >= 0.3 is 6.36 Å². The highest BCUT2D eigenvalue weighted by molar-refractivity contribution is 5.79. The van der Waals surface area contributed by atoms with Crippen LogP contribution in [-0.4, -0.2) is 12.6 Å². The van der Waals surface area contributed by atoms with Crippen molar-refractivity contribution in [2.75, 3.05) is 0 Å². The van der Waals surface area contributed by atoms with E-state index in [2.05, 4.69) is 4.74 Å². The van der Waals surface area contributed by atoms with Crippen LogP contribution < -0.4 is 4.74 Å². The third-order valence-electron chi connectivity index (χ3n) is 2.42. The second-order valence-corrected chi connectivity index (χ2v) is 3.82. The molecular formula is C14H9F3O2. The molecule has 5 heteroatoms. The Morgan fingerprint density at radius 3 is 2.21 bits per heavy atom. The van der Waals surface area contributed by atoms with Gasteiger partial charge in [0.15, 0.2) is 0 Å². The Kier molecular flexibility index (Phi) is 3.55. The number of alkyl halides is 3. The van der Waals surface area contributed by atoms with E-state index in [4.69, 9.17) is 0 Å². The Bertz CT molecular complexity index is 591. The first-order valence-corrected chi connectivity index (χ1v) is 5.39. The lowest BCUT2D eigenvalue weighted by Crippen LogP contribution is -2.17. The van der Waals surface area contributed by atoms with Gasteiger partial charge in [0.2, 0.25) is 0 Å². The molecule has 0 saturated carbocycles. The van der Waals surface area contributed by atoms with Gasteiger partial charge < -0.3 is 4.74 Å². The summed E-state index contributed by atoms with van der Waals surface area (Å²) in [6, 6.07) is 12.2. The van der Waals surface area contributed by atoms with Crippen molar-refractivity contribution in [2.45, 2.75) is 6.36 Å². The number of carbonyl (C=O) groups excluding carboxylic acids is 1. The van der Waals surface area contributed by atoms with Crippen molar-refractivity contribution in [1.82, 2.24) is 0 Å². The van der Waals surface area contributed by atoms with E-state index in [0.717, 1.165) is 0 Å². The van der Waals surface area contributed by atoms with Crippen LogP contribution in [0.5, 0.6) is 5.75 Å². The molecule has 2 rings (SSSR count). The quantitative estimate of drug-likeness (QED) is 0.783. The maximum Gasteiger partial charge on any atom is 0.573 e. The molecule has 0 aromatic heterocycles. The third-order valence-corrected chi connectivity index (χ3v) is 2.42. The molecule has 0 spiro atoms. The number of benzene rings is 2. The van der Waals surface area contributed by atoms with Gasteiger partial charge in [0.1, 0.15) is 12.0 Å². The lowest BCUT2D eigenvalue weighted by atomic mass is 10.0. The van der Waals surface area contributed by atoms with Crippen LogP contribution >= 0.6 is 0 Å². The van der Waals surface area contributed by atoms with Crippen molar-refractivity contribution in [3.63, 3.8) is 0 Å². The van der Waals surface area contributed by atoms with Crippen LogP contribution in [-0.2, 0) is 0 Å². The second kappa shape index (κ2) is 5.14. The van der Waals surface area contributed by atoms with Crippen molar-refractivity contribution in [1.29, 1.82) is 0 Å². The fraction of sp³-hybridized carbons (Fsp3) is 0.0714. The maximum absolute atomic E-state index is 12.1. The van der Waals surface area contributed by atoms with Crippen LogP contribution in [0.15, 0.2) is 48.5 Å². The van der Waals surface area contributed by atoms with Gasteiger partial charge in [0.25, 0.3) is 0 Å². The molecule has 0 aliphatic rings. The van der Waals surface area contributed by atoms with E-state index >= 15 is 0 Å². The first-order valence-electron chi connectivity index (χ1n) is 5.39. The molecule has 0 unspecified atom stereocenters.